The second-order valence-corrected chi connectivity index (χ2v) is 8.48. The van der Waals surface area contributed by atoms with Crippen molar-refractivity contribution in [3.8, 4) is 0 Å². The highest BCUT2D eigenvalue weighted by molar-refractivity contribution is 7.91. The first-order valence-electron chi connectivity index (χ1n) is 7.32. The number of carbonyl (C=O) groups is 1. The topological polar surface area (TPSA) is 66.5 Å². The van der Waals surface area contributed by atoms with Crippen LogP contribution in [0, 0.1) is 17.5 Å². The normalized spacial score (nSPS) is 18.4. The second kappa shape index (κ2) is 6.77. The number of halogens is 3. The maximum absolute atomic E-state index is 13.7. The minimum atomic E-state index is -3.84. The fourth-order valence-corrected chi connectivity index (χ4v) is 5.43. The molecule has 2 aromatic rings. The third kappa shape index (κ3) is 3.29. The summed E-state index contributed by atoms with van der Waals surface area (Å²) in [6.45, 7) is 0.151. The summed E-state index contributed by atoms with van der Waals surface area (Å²) in [6.07, 6.45) is 0.713. The van der Waals surface area contributed by atoms with E-state index in [1.54, 1.807) is 11.4 Å². The number of hydrogen-bond donors (Lipinski definition) is 1. The van der Waals surface area contributed by atoms with Gasteiger partial charge in [0.05, 0.1) is 5.69 Å². The number of amides is 1. The number of carbonyl (C=O) groups excluding carboxylic acids is 1. The minimum absolute atomic E-state index is 0.103. The van der Waals surface area contributed by atoms with Crippen LogP contribution in [0.4, 0.5) is 18.9 Å². The van der Waals surface area contributed by atoms with E-state index < -0.39 is 45.1 Å². The highest BCUT2D eigenvalue weighted by atomic mass is 32.2. The van der Waals surface area contributed by atoms with Gasteiger partial charge in [0.15, 0.2) is 17.5 Å². The van der Waals surface area contributed by atoms with Crippen molar-refractivity contribution in [3.05, 3.63) is 47.1 Å². The molecule has 1 unspecified atom stereocenters. The number of benzene rings is 1. The van der Waals surface area contributed by atoms with Crippen LogP contribution in [0.3, 0.4) is 0 Å². The van der Waals surface area contributed by atoms with E-state index in [4.69, 9.17) is 0 Å². The number of anilines is 1. The number of thiophene rings is 1. The zero-order valence-electron chi connectivity index (χ0n) is 12.7. The van der Waals surface area contributed by atoms with Gasteiger partial charge in [-0.15, -0.1) is 11.3 Å². The molecule has 1 saturated heterocycles. The summed E-state index contributed by atoms with van der Waals surface area (Å²) in [4.78, 5) is 12.4. The lowest BCUT2D eigenvalue weighted by Gasteiger charge is -2.22. The molecule has 10 heteroatoms. The van der Waals surface area contributed by atoms with Crippen LogP contribution in [0.25, 0.3) is 0 Å². The summed E-state index contributed by atoms with van der Waals surface area (Å²) in [5.74, 6) is -5.40. The van der Waals surface area contributed by atoms with Crippen molar-refractivity contribution < 1.29 is 26.4 Å². The Labute approximate surface area is 146 Å². The fourth-order valence-electron chi connectivity index (χ4n) is 2.65. The summed E-state index contributed by atoms with van der Waals surface area (Å²) < 4.78 is 66.3. The van der Waals surface area contributed by atoms with Crippen molar-refractivity contribution in [2.24, 2.45) is 0 Å². The molecule has 1 N–H and O–H groups in total. The Morgan fingerprint density at radius 2 is 1.96 bits per heavy atom. The molecule has 134 valence electrons. The molecule has 1 amide bonds. The van der Waals surface area contributed by atoms with E-state index in [0.717, 1.165) is 21.7 Å². The van der Waals surface area contributed by atoms with E-state index in [0.29, 0.717) is 12.5 Å². The van der Waals surface area contributed by atoms with Crippen LogP contribution < -0.4 is 5.32 Å². The Bertz CT molecular complexity index is 901. The van der Waals surface area contributed by atoms with Crippen LogP contribution in [0.5, 0.6) is 0 Å². The third-order valence-corrected chi connectivity index (χ3v) is 7.14. The van der Waals surface area contributed by atoms with Crippen LogP contribution in [-0.2, 0) is 14.8 Å². The van der Waals surface area contributed by atoms with Gasteiger partial charge in [-0.25, -0.2) is 21.6 Å². The summed E-state index contributed by atoms with van der Waals surface area (Å²) in [5.41, 5.74) is -0.538. The van der Waals surface area contributed by atoms with E-state index in [1.807, 2.05) is 0 Å². The Morgan fingerprint density at radius 1 is 1.20 bits per heavy atom. The van der Waals surface area contributed by atoms with Crippen LogP contribution in [-0.4, -0.2) is 31.2 Å². The van der Waals surface area contributed by atoms with Gasteiger partial charge in [0, 0.05) is 6.54 Å². The molecule has 1 aromatic carbocycles. The first-order chi connectivity index (χ1) is 11.8. The zero-order chi connectivity index (χ0) is 18.2. The molecular weight excluding hydrogens is 377 g/mol. The molecule has 1 aliphatic heterocycles. The molecule has 5 nitrogen and oxygen atoms in total. The van der Waals surface area contributed by atoms with Crippen molar-refractivity contribution in [1.82, 2.24) is 4.31 Å². The van der Waals surface area contributed by atoms with Crippen molar-refractivity contribution >= 4 is 33.0 Å². The largest absolute Gasteiger partial charge is 0.322 e. The van der Waals surface area contributed by atoms with Crippen LogP contribution in [0.2, 0.25) is 0 Å². The highest BCUT2D eigenvalue weighted by Gasteiger charge is 2.40. The maximum atomic E-state index is 13.7. The maximum Gasteiger partial charge on any atom is 0.253 e. The zero-order valence-corrected chi connectivity index (χ0v) is 14.3. The van der Waals surface area contributed by atoms with Crippen molar-refractivity contribution in [1.29, 1.82) is 0 Å². The van der Waals surface area contributed by atoms with Gasteiger partial charge in [0.25, 0.3) is 10.0 Å². The molecule has 2 heterocycles. The molecule has 0 radical (unpaired) electrons. The van der Waals surface area contributed by atoms with Crippen LogP contribution in [0.1, 0.15) is 12.8 Å². The van der Waals surface area contributed by atoms with Gasteiger partial charge in [-0.05, 0) is 36.4 Å². The lowest BCUT2D eigenvalue weighted by Crippen LogP contribution is -2.43. The molecular formula is C15H13F3N2O3S2. The number of rotatable bonds is 4. The Hall–Kier alpha value is -1.91. The average molecular weight is 390 g/mol. The first-order valence-corrected chi connectivity index (χ1v) is 9.64. The highest BCUT2D eigenvalue weighted by Crippen LogP contribution is 2.29. The monoisotopic (exact) mass is 390 g/mol. The van der Waals surface area contributed by atoms with Crippen LogP contribution >= 0.6 is 11.3 Å². The van der Waals surface area contributed by atoms with Gasteiger partial charge in [-0.1, -0.05) is 6.07 Å². The summed E-state index contributed by atoms with van der Waals surface area (Å²) >= 11 is 1.03. The molecule has 1 atom stereocenters. The van der Waals surface area contributed by atoms with Crippen LogP contribution in [0.15, 0.2) is 33.9 Å². The predicted molar refractivity (Wildman–Crippen MR) is 86.2 cm³/mol. The summed E-state index contributed by atoms with van der Waals surface area (Å²) in [5, 5.41) is 3.75. The Morgan fingerprint density at radius 3 is 2.64 bits per heavy atom. The van der Waals surface area contributed by atoms with Crippen molar-refractivity contribution in [2.75, 3.05) is 11.9 Å². The van der Waals surface area contributed by atoms with E-state index in [-0.39, 0.29) is 17.2 Å². The summed E-state index contributed by atoms with van der Waals surface area (Å²) in [6, 6.07) is 3.54. The Balaban J connectivity index is 1.84. The van der Waals surface area contributed by atoms with Crippen molar-refractivity contribution in [2.45, 2.75) is 23.1 Å². The number of sulfonamides is 1. The SMILES string of the molecule is O=C(Nc1ccc(F)c(F)c1F)C1CCCN1S(=O)(=O)c1cccs1. The van der Waals surface area contributed by atoms with E-state index in [1.165, 1.54) is 6.07 Å². The average Bonchev–Trinajstić information content (AvgIpc) is 3.26. The smallest absolute Gasteiger partial charge is 0.253 e. The molecule has 0 spiro atoms. The lowest BCUT2D eigenvalue weighted by atomic mass is 10.2. The molecule has 1 fully saturated rings. The van der Waals surface area contributed by atoms with Gasteiger partial charge in [0.1, 0.15) is 10.3 Å². The molecule has 1 aliphatic rings. The number of hydrogen-bond acceptors (Lipinski definition) is 4. The van der Waals surface area contributed by atoms with E-state index >= 15 is 0 Å². The number of nitrogens with one attached hydrogen (secondary N) is 1. The van der Waals surface area contributed by atoms with Gasteiger partial charge >= 0.3 is 0 Å². The fraction of sp³-hybridized carbons (Fsp3) is 0.267. The second-order valence-electron chi connectivity index (χ2n) is 5.42. The quantitative estimate of drug-likeness (QED) is 0.817. The number of nitrogens with zero attached hydrogens (tertiary/aromatic N) is 1. The van der Waals surface area contributed by atoms with E-state index in [2.05, 4.69) is 5.32 Å². The molecule has 0 saturated carbocycles. The Kier molecular flexibility index (Phi) is 4.85. The van der Waals surface area contributed by atoms with Gasteiger partial charge in [-0.3, -0.25) is 4.79 Å². The van der Waals surface area contributed by atoms with E-state index in [9.17, 15) is 26.4 Å². The molecule has 3 rings (SSSR count). The minimum Gasteiger partial charge on any atom is -0.322 e. The lowest BCUT2D eigenvalue weighted by molar-refractivity contribution is -0.119. The van der Waals surface area contributed by atoms with Crippen molar-refractivity contribution in [3.63, 3.8) is 0 Å². The molecule has 0 bridgehead atoms. The van der Waals surface area contributed by atoms with Gasteiger partial charge in [-0.2, -0.15) is 4.31 Å². The van der Waals surface area contributed by atoms with Gasteiger partial charge in [0.2, 0.25) is 5.91 Å². The molecule has 0 aliphatic carbocycles. The van der Waals surface area contributed by atoms with Gasteiger partial charge < -0.3 is 5.32 Å². The molecule has 25 heavy (non-hydrogen) atoms. The summed E-state index contributed by atoms with van der Waals surface area (Å²) in [7, 11) is -3.84. The first kappa shape index (κ1) is 17.9. The standard InChI is InChI=1S/C15H13F3N2O3S2/c16-9-5-6-10(14(18)13(9)17)19-15(21)11-3-1-7-20(11)25(22,23)12-4-2-8-24-12/h2,4-6,8,11H,1,3,7H2,(H,19,21). The predicted octanol–water partition coefficient (Wildman–Crippen LogP) is 2.96. The molecule has 1 aromatic heterocycles. The third-order valence-electron chi connectivity index (χ3n) is 3.86.